The number of rotatable bonds is 14. The second kappa shape index (κ2) is 14.4. The van der Waals surface area contributed by atoms with Gasteiger partial charge in [0.15, 0.2) is 0 Å². The SMILES string of the molecule is CNC(C)C(=O)NC(C(=O)NC(CCCCNS(C)(=O)=O)C(=O)NC1CCCc2ccccc21)C(C)C. The number of nitrogens with one attached hydrogen (secondary N) is 5. The molecular weight excluding hydrogens is 494 g/mol. The molecule has 0 heterocycles. The van der Waals surface area contributed by atoms with Crippen molar-refractivity contribution in [3.8, 4) is 0 Å². The van der Waals surface area contributed by atoms with Crippen LogP contribution in [0.25, 0.3) is 0 Å². The Morgan fingerprint density at radius 3 is 2.35 bits per heavy atom. The van der Waals surface area contributed by atoms with Gasteiger partial charge in [0.2, 0.25) is 27.7 Å². The largest absolute Gasteiger partial charge is 0.348 e. The van der Waals surface area contributed by atoms with Gasteiger partial charge < -0.3 is 21.3 Å². The second-order valence-electron chi connectivity index (χ2n) is 10.1. The number of benzene rings is 1. The van der Waals surface area contributed by atoms with E-state index in [-0.39, 0.29) is 30.3 Å². The maximum Gasteiger partial charge on any atom is 0.243 e. The molecule has 1 aliphatic rings. The zero-order valence-corrected chi connectivity index (χ0v) is 23.4. The van der Waals surface area contributed by atoms with E-state index in [1.165, 1.54) is 5.56 Å². The van der Waals surface area contributed by atoms with Gasteiger partial charge in [-0.2, -0.15) is 0 Å². The Balaban J connectivity index is 2.13. The molecule has 1 aliphatic carbocycles. The number of likely N-dealkylation sites (N-methyl/N-ethyl adjacent to an activating group) is 1. The highest BCUT2D eigenvalue weighted by Gasteiger charge is 2.31. The Morgan fingerprint density at radius 2 is 1.70 bits per heavy atom. The lowest BCUT2D eigenvalue weighted by molar-refractivity contribution is -0.133. The standard InChI is InChI=1S/C26H43N5O5S/c1-17(2)23(31-24(32)18(3)27-4)26(34)30-22(14-8-9-16-28-37(5,35)36)25(33)29-21-15-10-12-19-11-6-7-13-20(19)21/h6-7,11,13,17-18,21-23,27-28H,8-10,12,14-16H2,1-5H3,(H,29,33)(H,30,34)(H,31,32). The number of sulfonamides is 1. The zero-order valence-electron chi connectivity index (χ0n) is 22.6. The molecule has 4 unspecified atom stereocenters. The molecule has 0 aromatic heterocycles. The van der Waals surface area contributed by atoms with Gasteiger partial charge in [-0.3, -0.25) is 14.4 Å². The highest BCUT2D eigenvalue weighted by Crippen LogP contribution is 2.29. The van der Waals surface area contributed by atoms with Crippen LogP contribution < -0.4 is 26.0 Å². The highest BCUT2D eigenvalue weighted by molar-refractivity contribution is 7.88. The van der Waals surface area contributed by atoms with Gasteiger partial charge in [-0.05, 0) is 69.5 Å². The van der Waals surface area contributed by atoms with Crippen molar-refractivity contribution in [3.63, 3.8) is 0 Å². The van der Waals surface area contributed by atoms with Crippen molar-refractivity contribution in [2.24, 2.45) is 5.92 Å². The van der Waals surface area contributed by atoms with Crippen LogP contribution >= 0.6 is 0 Å². The molecule has 0 aliphatic heterocycles. The van der Waals surface area contributed by atoms with E-state index in [9.17, 15) is 22.8 Å². The molecule has 2 rings (SSSR count). The molecule has 1 aromatic carbocycles. The Labute approximate surface area is 221 Å². The van der Waals surface area contributed by atoms with Crippen LogP contribution in [0.3, 0.4) is 0 Å². The summed E-state index contributed by atoms with van der Waals surface area (Å²) in [6, 6.07) is 5.81. The van der Waals surface area contributed by atoms with Crippen molar-refractivity contribution >= 4 is 27.7 Å². The smallest absolute Gasteiger partial charge is 0.243 e. The van der Waals surface area contributed by atoms with E-state index in [0.717, 1.165) is 31.1 Å². The third kappa shape index (κ3) is 10.1. The Kier molecular flexibility index (Phi) is 12.0. The fourth-order valence-corrected chi connectivity index (χ4v) is 4.90. The minimum absolute atomic E-state index is 0.138. The molecule has 0 fully saturated rings. The van der Waals surface area contributed by atoms with E-state index < -0.39 is 34.1 Å². The number of carbonyl (C=O) groups excluding carboxylic acids is 3. The van der Waals surface area contributed by atoms with Gasteiger partial charge in [0, 0.05) is 6.54 Å². The number of fused-ring (bicyclic) bond motifs is 1. The predicted octanol–water partition coefficient (Wildman–Crippen LogP) is 1.13. The van der Waals surface area contributed by atoms with Crippen LogP contribution in [0.5, 0.6) is 0 Å². The summed E-state index contributed by atoms with van der Waals surface area (Å²) in [5, 5.41) is 11.6. The summed E-state index contributed by atoms with van der Waals surface area (Å²) in [7, 11) is -1.63. The molecule has 0 saturated carbocycles. The molecular formula is C26H43N5O5S. The van der Waals surface area contributed by atoms with Crippen LogP contribution in [0, 0.1) is 5.92 Å². The van der Waals surface area contributed by atoms with Gasteiger partial charge >= 0.3 is 0 Å². The number of carbonyl (C=O) groups is 3. The first-order valence-electron chi connectivity index (χ1n) is 13.0. The van der Waals surface area contributed by atoms with Gasteiger partial charge in [0.1, 0.15) is 12.1 Å². The number of hydrogen-bond acceptors (Lipinski definition) is 6. The average molecular weight is 538 g/mol. The molecule has 0 spiro atoms. The summed E-state index contributed by atoms with van der Waals surface area (Å²) in [5.41, 5.74) is 2.31. The van der Waals surface area contributed by atoms with Crippen LogP contribution in [-0.4, -0.2) is 64.1 Å². The van der Waals surface area contributed by atoms with Gasteiger partial charge in [-0.15, -0.1) is 0 Å². The van der Waals surface area contributed by atoms with Crippen molar-refractivity contribution in [2.45, 2.75) is 83.5 Å². The third-order valence-electron chi connectivity index (χ3n) is 6.68. The number of hydrogen-bond donors (Lipinski definition) is 5. The Hall–Kier alpha value is -2.50. The van der Waals surface area contributed by atoms with Crippen molar-refractivity contribution in [3.05, 3.63) is 35.4 Å². The lowest BCUT2D eigenvalue weighted by Crippen LogP contribution is -2.57. The molecule has 37 heavy (non-hydrogen) atoms. The minimum Gasteiger partial charge on any atom is -0.348 e. The van der Waals surface area contributed by atoms with E-state index in [0.29, 0.717) is 19.3 Å². The first kappa shape index (κ1) is 30.7. The molecule has 0 saturated heterocycles. The normalized spacial score (nSPS) is 17.8. The lowest BCUT2D eigenvalue weighted by Gasteiger charge is -2.30. The summed E-state index contributed by atoms with van der Waals surface area (Å²) in [5.74, 6) is -1.21. The van der Waals surface area contributed by atoms with E-state index in [1.807, 2.05) is 32.0 Å². The molecule has 3 amide bonds. The van der Waals surface area contributed by atoms with E-state index in [1.54, 1.807) is 14.0 Å². The van der Waals surface area contributed by atoms with Gasteiger partial charge in [0.25, 0.3) is 0 Å². The molecule has 4 atom stereocenters. The van der Waals surface area contributed by atoms with E-state index in [4.69, 9.17) is 0 Å². The van der Waals surface area contributed by atoms with Crippen molar-refractivity contribution in [2.75, 3.05) is 19.8 Å². The molecule has 208 valence electrons. The minimum atomic E-state index is -3.29. The quantitative estimate of drug-likeness (QED) is 0.225. The molecule has 5 N–H and O–H groups in total. The molecule has 0 radical (unpaired) electrons. The van der Waals surface area contributed by atoms with Crippen molar-refractivity contribution in [1.29, 1.82) is 0 Å². The van der Waals surface area contributed by atoms with Crippen molar-refractivity contribution < 1.29 is 22.8 Å². The van der Waals surface area contributed by atoms with Crippen molar-refractivity contribution in [1.82, 2.24) is 26.0 Å². The summed E-state index contributed by atoms with van der Waals surface area (Å²) in [6.07, 6.45) is 5.22. The lowest BCUT2D eigenvalue weighted by atomic mass is 9.87. The molecule has 11 heteroatoms. The summed E-state index contributed by atoms with van der Waals surface area (Å²) >= 11 is 0. The summed E-state index contributed by atoms with van der Waals surface area (Å²) in [4.78, 5) is 39.1. The fraction of sp³-hybridized carbons (Fsp3) is 0.654. The fourth-order valence-electron chi connectivity index (χ4n) is 4.38. The number of aryl methyl sites for hydroxylation is 1. The molecule has 1 aromatic rings. The first-order chi connectivity index (χ1) is 17.4. The Morgan fingerprint density at radius 1 is 1.00 bits per heavy atom. The number of amides is 3. The van der Waals surface area contributed by atoms with Crippen LogP contribution in [-0.2, 0) is 30.8 Å². The van der Waals surface area contributed by atoms with Gasteiger partial charge in [0.05, 0.1) is 18.3 Å². The maximum atomic E-state index is 13.4. The predicted molar refractivity (Wildman–Crippen MR) is 144 cm³/mol. The first-order valence-corrected chi connectivity index (χ1v) is 14.9. The maximum absolute atomic E-state index is 13.4. The van der Waals surface area contributed by atoms with E-state index >= 15 is 0 Å². The average Bonchev–Trinajstić information content (AvgIpc) is 2.84. The summed E-state index contributed by atoms with van der Waals surface area (Å²) in [6.45, 7) is 5.62. The number of unbranched alkanes of at least 4 members (excludes halogenated alkanes) is 1. The highest BCUT2D eigenvalue weighted by atomic mass is 32.2. The second-order valence-corrected chi connectivity index (χ2v) is 11.9. The Bertz CT molecular complexity index is 1030. The van der Waals surface area contributed by atoms with Gasteiger partial charge in [-0.1, -0.05) is 38.1 Å². The molecule has 10 nitrogen and oxygen atoms in total. The van der Waals surface area contributed by atoms with E-state index in [2.05, 4.69) is 32.1 Å². The van der Waals surface area contributed by atoms with Crippen LogP contribution in [0.4, 0.5) is 0 Å². The van der Waals surface area contributed by atoms with Crippen LogP contribution in [0.1, 0.15) is 70.0 Å². The zero-order chi connectivity index (χ0) is 27.6. The third-order valence-corrected chi connectivity index (χ3v) is 7.40. The molecule has 0 bridgehead atoms. The van der Waals surface area contributed by atoms with Crippen LogP contribution in [0.15, 0.2) is 24.3 Å². The van der Waals surface area contributed by atoms with Gasteiger partial charge in [-0.25, -0.2) is 13.1 Å². The van der Waals surface area contributed by atoms with Crippen LogP contribution in [0.2, 0.25) is 0 Å². The summed E-state index contributed by atoms with van der Waals surface area (Å²) < 4.78 is 25.1. The topological polar surface area (TPSA) is 146 Å². The monoisotopic (exact) mass is 537 g/mol.